The maximum Gasteiger partial charge on any atom is 0.127 e. The second-order valence-electron chi connectivity index (χ2n) is 3.72. The van der Waals surface area contributed by atoms with Crippen LogP contribution in [0.4, 0.5) is 4.39 Å². The van der Waals surface area contributed by atoms with Crippen molar-refractivity contribution in [1.29, 1.82) is 0 Å². The number of halogens is 1. The minimum atomic E-state index is -0.0853. The third kappa shape index (κ3) is 1.79. The van der Waals surface area contributed by atoms with Crippen molar-refractivity contribution in [2.45, 2.75) is 19.0 Å². The third-order valence-corrected chi connectivity index (χ3v) is 2.70. The van der Waals surface area contributed by atoms with E-state index < -0.39 is 0 Å². The Bertz CT molecular complexity index is 325. The summed E-state index contributed by atoms with van der Waals surface area (Å²) < 4.78 is 13.3. The van der Waals surface area contributed by atoms with Crippen molar-refractivity contribution < 1.29 is 4.39 Å². The lowest BCUT2D eigenvalue weighted by Crippen LogP contribution is -2.42. The Morgan fingerprint density at radius 1 is 1.57 bits per heavy atom. The molecule has 1 aliphatic rings. The molecular weight excluding hydrogens is 179 g/mol. The molecule has 1 aromatic carbocycles. The van der Waals surface area contributed by atoms with E-state index in [2.05, 4.69) is 10.6 Å². The lowest BCUT2D eigenvalue weighted by molar-refractivity contribution is 0.449. The minimum Gasteiger partial charge on any atom is -0.318 e. The summed E-state index contributed by atoms with van der Waals surface area (Å²) in [5.41, 5.74) is 1.98. The van der Waals surface area contributed by atoms with E-state index in [4.69, 9.17) is 0 Å². The van der Waals surface area contributed by atoms with Gasteiger partial charge in [0.2, 0.25) is 0 Å². The van der Waals surface area contributed by atoms with Crippen LogP contribution in [0.2, 0.25) is 0 Å². The Morgan fingerprint density at radius 3 is 3.21 bits per heavy atom. The van der Waals surface area contributed by atoms with Crippen molar-refractivity contribution in [1.82, 2.24) is 10.6 Å². The van der Waals surface area contributed by atoms with Crippen LogP contribution in [0.5, 0.6) is 0 Å². The highest BCUT2D eigenvalue weighted by Crippen LogP contribution is 2.19. The van der Waals surface area contributed by atoms with Gasteiger partial charge in [0, 0.05) is 24.7 Å². The highest BCUT2D eigenvalue weighted by Gasteiger charge is 2.19. The van der Waals surface area contributed by atoms with Gasteiger partial charge in [-0.05, 0) is 25.1 Å². The van der Waals surface area contributed by atoms with Crippen molar-refractivity contribution in [3.63, 3.8) is 0 Å². The van der Waals surface area contributed by atoms with Crippen molar-refractivity contribution >= 4 is 0 Å². The van der Waals surface area contributed by atoms with Crippen molar-refractivity contribution in [3.05, 3.63) is 35.1 Å². The molecule has 1 atom stereocenters. The van der Waals surface area contributed by atoms with Gasteiger partial charge in [-0.25, -0.2) is 4.39 Å². The molecule has 0 radical (unpaired) electrons. The minimum absolute atomic E-state index is 0.0853. The maximum absolute atomic E-state index is 13.3. The standard InChI is InChI=1S/C11H15FN2/c1-13-6-9-5-8-3-2-4-11(12)10(8)7-14-9/h2-4,9,13-14H,5-7H2,1H3. The normalized spacial score (nSPS) is 20.6. The number of likely N-dealkylation sites (N-methyl/N-ethyl adjacent to an activating group) is 1. The zero-order valence-electron chi connectivity index (χ0n) is 8.31. The van der Waals surface area contributed by atoms with Gasteiger partial charge < -0.3 is 10.6 Å². The molecule has 0 amide bonds. The first kappa shape index (κ1) is 9.62. The van der Waals surface area contributed by atoms with E-state index in [0.717, 1.165) is 24.1 Å². The Hall–Kier alpha value is -0.930. The van der Waals surface area contributed by atoms with Gasteiger partial charge in [0.1, 0.15) is 5.82 Å². The first-order valence-corrected chi connectivity index (χ1v) is 4.95. The topological polar surface area (TPSA) is 24.1 Å². The maximum atomic E-state index is 13.3. The lowest BCUT2D eigenvalue weighted by atomic mass is 9.95. The summed E-state index contributed by atoms with van der Waals surface area (Å²) in [5.74, 6) is -0.0853. The van der Waals surface area contributed by atoms with Crippen LogP contribution < -0.4 is 10.6 Å². The first-order valence-electron chi connectivity index (χ1n) is 4.95. The van der Waals surface area contributed by atoms with E-state index in [1.54, 1.807) is 6.07 Å². The number of benzene rings is 1. The Morgan fingerprint density at radius 2 is 2.43 bits per heavy atom. The fourth-order valence-electron chi connectivity index (χ4n) is 1.97. The third-order valence-electron chi connectivity index (χ3n) is 2.70. The Balaban J connectivity index is 2.18. The van der Waals surface area contributed by atoms with Crippen LogP contribution in [-0.2, 0) is 13.0 Å². The molecule has 0 fully saturated rings. The van der Waals surface area contributed by atoms with Crippen LogP contribution in [0.1, 0.15) is 11.1 Å². The van der Waals surface area contributed by atoms with Gasteiger partial charge >= 0.3 is 0 Å². The molecule has 0 bridgehead atoms. The second-order valence-corrected chi connectivity index (χ2v) is 3.72. The average molecular weight is 194 g/mol. The van der Waals surface area contributed by atoms with Crippen molar-refractivity contribution in [3.8, 4) is 0 Å². The molecule has 0 saturated carbocycles. The van der Waals surface area contributed by atoms with Gasteiger partial charge in [-0.3, -0.25) is 0 Å². The zero-order valence-corrected chi connectivity index (χ0v) is 8.31. The fourth-order valence-corrected chi connectivity index (χ4v) is 1.97. The molecule has 2 nitrogen and oxygen atoms in total. The highest BCUT2D eigenvalue weighted by molar-refractivity contribution is 5.31. The molecule has 1 unspecified atom stereocenters. The largest absolute Gasteiger partial charge is 0.318 e. The quantitative estimate of drug-likeness (QED) is 0.735. The second kappa shape index (κ2) is 4.07. The number of fused-ring (bicyclic) bond motifs is 1. The summed E-state index contributed by atoms with van der Waals surface area (Å²) in [6, 6.07) is 5.76. The molecule has 76 valence electrons. The van der Waals surface area contributed by atoms with Gasteiger partial charge in [-0.1, -0.05) is 12.1 Å². The van der Waals surface area contributed by atoms with Gasteiger partial charge in [-0.2, -0.15) is 0 Å². The summed E-state index contributed by atoms with van der Waals surface area (Å²) in [6.07, 6.45) is 0.911. The summed E-state index contributed by atoms with van der Waals surface area (Å²) in [5, 5.41) is 6.44. The lowest BCUT2D eigenvalue weighted by Gasteiger charge is -2.26. The van der Waals surface area contributed by atoms with E-state index in [-0.39, 0.29) is 5.82 Å². The molecule has 0 aliphatic carbocycles. The molecular formula is C11H15FN2. The van der Waals surface area contributed by atoms with Gasteiger partial charge in [-0.15, -0.1) is 0 Å². The van der Waals surface area contributed by atoms with Crippen molar-refractivity contribution in [2.75, 3.05) is 13.6 Å². The van der Waals surface area contributed by atoms with E-state index in [1.165, 1.54) is 6.07 Å². The Kier molecular flexibility index (Phi) is 2.79. The van der Waals surface area contributed by atoms with Crippen LogP contribution in [0.25, 0.3) is 0 Å². The number of hydrogen-bond acceptors (Lipinski definition) is 2. The first-order chi connectivity index (χ1) is 6.81. The summed E-state index contributed by atoms with van der Waals surface area (Å²) in [7, 11) is 1.93. The summed E-state index contributed by atoms with van der Waals surface area (Å²) in [4.78, 5) is 0. The average Bonchev–Trinajstić information content (AvgIpc) is 2.18. The smallest absolute Gasteiger partial charge is 0.127 e. The SMILES string of the molecule is CNCC1Cc2cccc(F)c2CN1. The molecule has 2 rings (SSSR count). The fraction of sp³-hybridized carbons (Fsp3) is 0.455. The molecule has 1 aliphatic heterocycles. The number of nitrogens with one attached hydrogen (secondary N) is 2. The Labute approximate surface area is 83.5 Å². The zero-order chi connectivity index (χ0) is 9.97. The molecule has 1 heterocycles. The predicted octanol–water partition coefficient (Wildman–Crippen LogP) is 1.06. The highest BCUT2D eigenvalue weighted by atomic mass is 19.1. The van der Waals surface area contributed by atoms with Crippen LogP contribution in [0, 0.1) is 5.82 Å². The molecule has 0 aromatic heterocycles. The van der Waals surface area contributed by atoms with Crippen LogP contribution in [0.3, 0.4) is 0 Å². The van der Waals surface area contributed by atoms with Gasteiger partial charge in [0.05, 0.1) is 0 Å². The molecule has 0 saturated heterocycles. The molecule has 1 aromatic rings. The molecule has 0 spiro atoms. The van der Waals surface area contributed by atoms with Gasteiger partial charge in [0.15, 0.2) is 0 Å². The summed E-state index contributed by atoms with van der Waals surface area (Å²) in [6.45, 7) is 1.57. The van der Waals surface area contributed by atoms with E-state index in [1.807, 2.05) is 13.1 Å². The molecule has 2 N–H and O–H groups in total. The molecule has 3 heteroatoms. The van der Waals surface area contributed by atoms with Gasteiger partial charge in [0.25, 0.3) is 0 Å². The summed E-state index contributed by atoms with van der Waals surface area (Å²) >= 11 is 0. The number of rotatable bonds is 2. The van der Waals surface area contributed by atoms with E-state index in [9.17, 15) is 4.39 Å². The van der Waals surface area contributed by atoms with Crippen LogP contribution >= 0.6 is 0 Å². The number of hydrogen-bond donors (Lipinski definition) is 2. The van der Waals surface area contributed by atoms with E-state index >= 15 is 0 Å². The van der Waals surface area contributed by atoms with Crippen LogP contribution in [-0.4, -0.2) is 19.6 Å². The molecule has 14 heavy (non-hydrogen) atoms. The van der Waals surface area contributed by atoms with E-state index in [0.29, 0.717) is 12.6 Å². The van der Waals surface area contributed by atoms with Crippen molar-refractivity contribution in [2.24, 2.45) is 0 Å². The predicted molar refractivity (Wildman–Crippen MR) is 54.7 cm³/mol. The van der Waals surface area contributed by atoms with Crippen LogP contribution in [0.15, 0.2) is 18.2 Å². The monoisotopic (exact) mass is 194 g/mol.